The molecule has 1 fully saturated rings. The van der Waals surface area contributed by atoms with Gasteiger partial charge in [0.2, 0.25) is 0 Å². The number of thiol groups is 1. The topological polar surface area (TPSA) is 18.5 Å². The van der Waals surface area contributed by atoms with Gasteiger partial charge < -0.3 is 9.47 Å². The van der Waals surface area contributed by atoms with Gasteiger partial charge >= 0.3 is 0 Å². The number of methoxy groups -OCH3 is 1. The van der Waals surface area contributed by atoms with Gasteiger partial charge in [-0.2, -0.15) is 12.6 Å². The van der Waals surface area contributed by atoms with Crippen molar-refractivity contribution < 1.29 is 18.3 Å². The molecule has 0 spiro atoms. The second kappa shape index (κ2) is 3.64. The molecule has 2 rings (SSSR count). The van der Waals surface area contributed by atoms with Crippen LogP contribution in [0, 0.1) is 11.6 Å². The molecule has 0 radical (unpaired) electrons. The molecule has 1 heterocycles. The molecule has 1 aliphatic heterocycles. The molecule has 1 aromatic rings. The molecular weight excluding hydrogens is 222 g/mol. The zero-order chi connectivity index (χ0) is 11.1. The Balaban J connectivity index is 2.45. The lowest BCUT2D eigenvalue weighted by Crippen LogP contribution is -2.42. The summed E-state index contributed by atoms with van der Waals surface area (Å²) in [6.45, 7) is 0.581. The van der Waals surface area contributed by atoms with E-state index >= 15 is 0 Å². The number of rotatable bonds is 2. The van der Waals surface area contributed by atoms with Crippen LogP contribution in [0.3, 0.4) is 0 Å². The normalized spacial score (nSPS) is 18.4. The molecule has 15 heavy (non-hydrogen) atoms. The summed E-state index contributed by atoms with van der Waals surface area (Å²) in [6.07, 6.45) is 0. The Morgan fingerprint density at radius 3 is 2.47 bits per heavy atom. The maximum atomic E-state index is 13.6. The summed E-state index contributed by atoms with van der Waals surface area (Å²) in [7, 11) is 1.29. The lowest BCUT2D eigenvalue weighted by molar-refractivity contribution is -0.0113. The van der Waals surface area contributed by atoms with Crippen LogP contribution in [0.25, 0.3) is 0 Å². The molecule has 0 atom stereocenters. The Morgan fingerprint density at radius 2 is 2.00 bits per heavy atom. The van der Waals surface area contributed by atoms with Crippen LogP contribution in [-0.4, -0.2) is 20.3 Å². The number of benzene rings is 1. The summed E-state index contributed by atoms with van der Waals surface area (Å²) >= 11 is 4.27. The Kier molecular flexibility index (Phi) is 2.60. The third kappa shape index (κ3) is 1.70. The van der Waals surface area contributed by atoms with Crippen molar-refractivity contribution in [1.82, 2.24) is 0 Å². The van der Waals surface area contributed by atoms with Gasteiger partial charge in [-0.3, -0.25) is 0 Å². The van der Waals surface area contributed by atoms with Crippen LogP contribution in [0.1, 0.15) is 5.56 Å². The predicted molar refractivity (Wildman–Crippen MR) is 54.4 cm³/mol. The van der Waals surface area contributed by atoms with E-state index in [9.17, 15) is 8.78 Å². The van der Waals surface area contributed by atoms with E-state index in [1.54, 1.807) is 0 Å². The summed E-state index contributed by atoms with van der Waals surface area (Å²) in [5.74, 6) is -1.21. The van der Waals surface area contributed by atoms with E-state index in [-0.39, 0.29) is 11.3 Å². The number of halogens is 2. The van der Waals surface area contributed by atoms with Crippen LogP contribution in [0.2, 0.25) is 0 Å². The van der Waals surface area contributed by atoms with Gasteiger partial charge in [-0.05, 0) is 6.07 Å². The fraction of sp³-hybridized carbons (Fsp3) is 0.400. The summed E-state index contributed by atoms with van der Waals surface area (Å²) in [4.78, 5) is 0. The van der Waals surface area contributed by atoms with Crippen LogP contribution in [-0.2, 0) is 9.48 Å². The summed E-state index contributed by atoms with van der Waals surface area (Å²) < 4.78 is 35.8. The van der Waals surface area contributed by atoms with Crippen LogP contribution in [0.5, 0.6) is 5.75 Å². The smallest absolute Gasteiger partial charge is 0.165 e. The van der Waals surface area contributed by atoms with Crippen molar-refractivity contribution in [3.63, 3.8) is 0 Å². The van der Waals surface area contributed by atoms with Crippen molar-refractivity contribution in [2.45, 2.75) is 4.75 Å². The van der Waals surface area contributed by atoms with Gasteiger partial charge in [-0.1, -0.05) is 0 Å². The summed E-state index contributed by atoms with van der Waals surface area (Å²) in [5.41, 5.74) is 0.218. The average Bonchev–Trinajstić information content (AvgIpc) is 2.17. The van der Waals surface area contributed by atoms with Crippen molar-refractivity contribution in [3.05, 3.63) is 29.3 Å². The molecule has 0 saturated carbocycles. The van der Waals surface area contributed by atoms with Gasteiger partial charge in [0.05, 0.1) is 25.1 Å². The van der Waals surface area contributed by atoms with E-state index in [0.717, 1.165) is 12.1 Å². The van der Waals surface area contributed by atoms with Crippen molar-refractivity contribution in [3.8, 4) is 5.75 Å². The zero-order valence-corrected chi connectivity index (χ0v) is 8.98. The largest absolute Gasteiger partial charge is 0.494 e. The van der Waals surface area contributed by atoms with E-state index in [0.29, 0.717) is 13.2 Å². The van der Waals surface area contributed by atoms with E-state index in [4.69, 9.17) is 4.74 Å². The first-order valence-corrected chi connectivity index (χ1v) is 4.85. The van der Waals surface area contributed by atoms with Crippen LogP contribution < -0.4 is 4.74 Å². The molecule has 2 nitrogen and oxygen atoms in total. The molecular formula is C10H10F2O2S. The molecule has 0 bridgehead atoms. The minimum atomic E-state index is -0.711. The van der Waals surface area contributed by atoms with Gasteiger partial charge in [-0.15, -0.1) is 0 Å². The third-order valence-electron chi connectivity index (χ3n) is 2.42. The van der Waals surface area contributed by atoms with Crippen molar-refractivity contribution >= 4 is 12.6 Å². The monoisotopic (exact) mass is 232 g/mol. The fourth-order valence-electron chi connectivity index (χ4n) is 1.49. The molecule has 82 valence electrons. The third-order valence-corrected chi connectivity index (χ3v) is 2.92. The minimum Gasteiger partial charge on any atom is -0.494 e. The van der Waals surface area contributed by atoms with Crippen LogP contribution in [0.15, 0.2) is 12.1 Å². The number of ether oxygens (including phenoxy) is 2. The number of hydrogen-bond donors (Lipinski definition) is 1. The highest BCUT2D eigenvalue weighted by molar-refractivity contribution is 7.81. The van der Waals surface area contributed by atoms with E-state index in [2.05, 4.69) is 17.4 Å². The maximum absolute atomic E-state index is 13.6. The Labute approximate surface area is 91.6 Å². The fourth-order valence-corrected chi connectivity index (χ4v) is 1.85. The van der Waals surface area contributed by atoms with Gasteiger partial charge in [0.15, 0.2) is 11.6 Å². The second-order valence-electron chi connectivity index (χ2n) is 3.49. The van der Waals surface area contributed by atoms with E-state index < -0.39 is 16.4 Å². The quantitative estimate of drug-likeness (QED) is 0.787. The highest BCUT2D eigenvalue weighted by atomic mass is 32.1. The molecule has 0 aliphatic carbocycles. The van der Waals surface area contributed by atoms with Crippen LogP contribution in [0.4, 0.5) is 8.78 Å². The number of hydrogen-bond acceptors (Lipinski definition) is 3. The van der Waals surface area contributed by atoms with E-state index in [1.165, 1.54) is 7.11 Å². The first-order chi connectivity index (χ1) is 7.07. The Hall–Kier alpha value is -0.810. The standard InChI is InChI=1S/C10H10F2O2S/c1-13-9-3-7(11)6(2-8(9)12)10(15)4-14-5-10/h2-3,15H,4-5H2,1H3. The van der Waals surface area contributed by atoms with Gasteiger partial charge in [-0.25, -0.2) is 8.78 Å². The first-order valence-electron chi connectivity index (χ1n) is 4.40. The maximum Gasteiger partial charge on any atom is 0.165 e. The molecule has 0 unspecified atom stereocenters. The predicted octanol–water partition coefficient (Wildman–Crippen LogP) is 2.13. The minimum absolute atomic E-state index is 0.103. The molecule has 1 aromatic carbocycles. The lowest BCUT2D eigenvalue weighted by atomic mass is 9.95. The molecule has 0 amide bonds. The van der Waals surface area contributed by atoms with Gasteiger partial charge in [0.25, 0.3) is 0 Å². The van der Waals surface area contributed by atoms with Crippen molar-refractivity contribution in [2.75, 3.05) is 20.3 Å². The second-order valence-corrected chi connectivity index (χ2v) is 4.35. The average molecular weight is 232 g/mol. The Bertz CT molecular complexity index is 391. The highest BCUT2D eigenvalue weighted by Crippen LogP contribution is 2.39. The molecule has 5 heteroatoms. The molecule has 1 aliphatic rings. The summed E-state index contributed by atoms with van der Waals surface area (Å²) in [6, 6.07) is 2.14. The molecule has 1 saturated heterocycles. The lowest BCUT2D eigenvalue weighted by Gasteiger charge is -2.37. The van der Waals surface area contributed by atoms with Crippen molar-refractivity contribution in [1.29, 1.82) is 0 Å². The highest BCUT2D eigenvalue weighted by Gasteiger charge is 2.39. The molecule has 0 N–H and O–H groups in total. The van der Waals surface area contributed by atoms with Gasteiger partial charge in [0, 0.05) is 11.6 Å². The SMILES string of the molecule is COc1cc(F)c(C2(S)COC2)cc1F. The first kappa shape index (κ1) is 10.7. The zero-order valence-electron chi connectivity index (χ0n) is 8.09. The van der Waals surface area contributed by atoms with E-state index in [1.807, 2.05) is 0 Å². The Morgan fingerprint density at radius 1 is 1.33 bits per heavy atom. The van der Waals surface area contributed by atoms with Gasteiger partial charge in [0.1, 0.15) is 5.82 Å². The van der Waals surface area contributed by atoms with Crippen LogP contribution >= 0.6 is 12.6 Å². The van der Waals surface area contributed by atoms with Crippen molar-refractivity contribution in [2.24, 2.45) is 0 Å². The summed E-state index contributed by atoms with van der Waals surface area (Å²) in [5, 5.41) is 0. The molecule has 0 aromatic heterocycles.